The van der Waals surface area contributed by atoms with Crippen LogP contribution < -0.4 is 11.1 Å². The number of nitrogen functional groups attached to an aromatic ring is 1. The topological polar surface area (TPSA) is 50.9 Å². The largest absolute Gasteiger partial charge is 0.396 e. The summed E-state index contributed by atoms with van der Waals surface area (Å²) < 4.78 is 0. The molecule has 3 N–H and O–H groups in total. The molecule has 2 aromatic rings. The van der Waals surface area contributed by atoms with Crippen LogP contribution in [0.4, 0.5) is 17.2 Å². The number of nitrogens with one attached hydrogen (secondary N) is 1. The number of benzene rings is 1. The molecular weight excluding hydrogens is 234 g/mol. The first kappa shape index (κ1) is 11.7. The molecule has 0 radical (unpaired) electrons. The van der Waals surface area contributed by atoms with E-state index >= 15 is 0 Å². The van der Waals surface area contributed by atoms with E-state index in [1.165, 1.54) is 5.56 Å². The predicted octanol–water partition coefficient (Wildman–Crippen LogP) is 3.68. The first-order chi connectivity index (χ1) is 8.06. The van der Waals surface area contributed by atoms with E-state index in [0.29, 0.717) is 16.5 Å². The van der Waals surface area contributed by atoms with E-state index in [2.05, 4.69) is 28.5 Å². The van der Waals surface area contributed by atoms with E-state index in [9.17, 15) is 0 Å². The minimum absolute atomic E-state index is 0.536. The van der Waals surface area contributed by atoms with E-state index in [4.69, 9.17) is 17.3 Å². The quantitative estimate of drug-likeness (QED) is 0.851. The molecule has 0 spiro atoms. The standard InChI is InChI=1S/C13H14ClN3/c1-8-3-4-9(2)12(5-8)17-13-11(15)6-10(14)7-16-13/h3-7H,15H2,1-2H3,(H,16,17). The van der Waals surface area contributed by atoms with E-state index in [1.54, 1.807) is 12.3 Å². The van der Waals surface area contributed by atoms with Crippen molar-refractivity contribution in [2.75, 3.05) is 11.1 Å². The van der Waals surface area contributed by atoms with E-state index in [-0.39, 0.29) is 0 Å². The van der Waals surface area contributed by atoms with Crippen molar-refractivity contribution in [1.82, 2.24) is 4.98 Å². The van der Waals surface area contributed by atoms with Gasteiger partial charge in [0.05, 0.1) is 10.7 Å². The van der Waals surface area contributed by atoms with Gasteiger partial charge in [0.15, 0.2) is 5.82 Å². The molecule has 88 valence electrons. The van der Waals surface area contributed by atoms with Crippen LogP contribution >= 0.6 is 11.6 Å². The lowest BCUT2D eigenvalue weighted by Crippen LogP contribution is -2.00. The lowest BCUT2D eigenvalue weighted by molar-refractivity contribution is 1.29. The molecule has 0 aliphatic heterocycles. The van der Waals surface area contributed by atoms with Gasteiger partial charge in [-0.2, -0.15) is 0 Å². The number of nitrogens with two attached hydrogens (primary N) is 1. The van der Waals surface area contributed by atoms with Gasteiger partial charge in [0.1, 0.15) is 0 Å². The molecule has 4 heteroatoms. The number of aryl methyl sites for hydroxylation is 2. The number of aromatic nitrogens is 1. The van der Waals surface area contributed by atoms with Crippen molar-refractivity contribution in [2.24, 2.45) is 0 Å². The molecule has 0 aliphatic carbocycles. The van der Waals surface area contributed by atoms with Crippen LogP contribution in [-0.2, 0) is 0 Å². The second kappa shape index (κ2) is 4.63. The zero-order chi connectivity index (χ0) is 12.4. The Kier molecular flexibility index (Phi) is 3.20. The second-order valence-corrected chi connectivity index (χ2v) is 4.47. The number of halogens is 1. The summed E-state index contributed by atoms with van der Waals surface area (Å²) in [6.45, 7) is 4.08. The van der Waals surface area contributed by atoms with Gasteiger partial charge in [-0.1, -0.05) is 23.7 Å². The molecule has 0 unspecified atom stereocenters. The Bertz CT molecular complexity index is 552. The third kappa shape index (κ3) is 2.68. The molecule has 3 nitrogen and oxygen atoms in total. The van der Waals surface area contributed by atoms with Crippen LogP contribution in [0.5, 0.6) is 0 Å². The Morgan fingerprint density at radius 1 is 1.24 bits per heavy atom. The van der Waals surface area contributed by atoms with Crippen molar-refractivity contribution in [3.05, 3.63) is 46.6 Å². The van der Waals surface area contributed by atoms with Crippen molar-refractivity contribution in [1.29, 1.82) is 0 Å². The zero-order valence-electron chi connectivity index (χ0n) is 9.79. The van der Waals surface area contributed by atoms with Crippen LogP contribution in [0.25, 0.3) is 0 Å². The maximum Gasteiger partial charge on any atom is 0.153 e. The first-order valence-electron chi connectivity index (χ1n) is 5.31. The van der Waals surface area contributed by atoms with Gasteiger partial charge in [-0.3, -0.25) is 0 Å². The Labute approximate surface area is 106 Å². The maximum absolute atomic E-state index is 5.85. The van der Waals surface area contributed by atoms with Gasteiger partial charge in [-0.15, -0.1) is 0 Å². The molecule has 0 saturated heterocycles. The lowest BCUT2D eigenvalue weighted by atomic mass is 10.1. The minimum atomic E-state index is 0.536. The monoisotopic (exact) mass is 247 g/mol. The van der Waals surface area contributed by atoms with Crippen molar-refractivity contribution in [3.8, 4) is 0 Å². The zero-order valence-corrected chi connectivity index (χ0v) is 10.5. The lowest BCUT2D eigenvalue weighted by Gasteiger charge is -2.11. The fourth-order valence-corrected chi connectivity index (χ4v) is 1.72. The number of hydrogen-bond acceptors (Lipinski definition) is 3. The molecular formula is C13H14ClN3. The number of anilines is 3. The first-order valence-corrected chi connectivity index (χ1v) is 5.69. The molecule has 0 atom stereocenters. The highest BCUT2D eigenvalue weighted by molar-refractivity contribution is 6.30. The fraction of sp³-hybridized carbons (Fsp3) is 0.154. The van der Waals surface area contributed by atoms with E-state index < -0.39 is 0 Å². The maximum atomic E-state index is 5.85. The molecule has 1 heterocycles. The van der Waals surface area contributed by atoms with E-state index in [0.717, 1.165) is 11.3 Å². The molecule has 0 amide bonds. The number of pyridine rings is 1. The minimum Gasteiger partial charge on any atom is -0.396 e. The molecule has 1 aromatic carbocycles. The summed E-state index contributed by atoms with van der Waals surface area (Å²) in [5.74, 6) is 0.628. The Balaban J connectivity index is 2.34. The van der Waals surface area contributed by atoms with Crippen LogP contribution in [0.3, 0.4) is 0 Å². The van der Waals surface area contributed by atoms with Gasteiger partial charge in [0, 0.05) is 11.9 Å². The molecule has 0 fully saturated rings. The Morgan fingerprint density at radius 3 is 2.71 bits per heavy atom. The van der Waals surface area contributed by atoms with Crippen LogP contribution in [0.1, 0.15) is 11.1 Å². The van der Waals surface area contributed by atoms with Crippen LogP contribution in [0, 0.1) is 13.8 Å². The summed E-state index contributed by atoms with van der Waals surface area (Å²) in [6.07, 6.45) is 1.57. The third-order valence-electron chi connectivity index (χ3n) is 2.53. The smallest absolute Gasteiger partial charge is 0.153 e. The third-order valence-corrected chi connectivity index (χ3v) is 2.74. The molecule has 17 heavy (non-hydrogen) atoms. The van der Waals surface area contributed by atoms with Gasteiger partial charge in [0.25, 0.3) is 0 Å². The number of nitrogens with zero attached hydrogens (tertiary/aromatic N) is 1. The molecule has 0 bridgehead atoms. The number of rotatable bonds is 2. The number of hydrogen-bond donors (Lipinski definition) is 2. The molecule has 0 saturated carbocycles. The predicted molar refractivity (Wildman–Crippen MR) is 72.9 cm³/mol. The van der Waals surface area contributed by atoms with Crippen molar-refractivity contribution in [2.45, 2.75) is 13.8 Å². The van der Waals surface area contributed by atoms with Crippen LogP contribution in [0.15, 0.2) is 30.5 Å². The van der Waals surface area contributed by atoms with Crippen molar-refractivity contribution in [3.63, 3.8) is 0 Å². The van der Waals surface area contributed by atoms with Gasteiger partial charge in [0.2, 0.25) is 0 Å². The summed E-state index contributed by atoms with van der Waals surface area (Å²) in [5.41, 5.74) is 9.73. The average Bonchev–Trinajstić information content (AvgIpc) is 2.27. The van der Waals surface area contributed by atoms with Crippen LogP contribution in [0.2, 0.25) is 5.02 Å². The van der Waals surface area contributed by atoms with Gasteiger partial charge >= 0.3 is 0 Å². The summed E-state index contributed by atoms with van der Waals surface area (Å²) >= 11 is 5.81. The summed E-state index contributed by atoms with van der Waals surface area (Å²) in [4.78, 5) is 4.18. The van der Waals surface area contributed by atoms with Crippen molar-refractivity contribution < 1.29 is 0 Å². The van der Waals surface area contributed by atoms with Crippen molar-refractivity contribution >= 4 is 28.8 Å². The summed E-state index contributed by atoms with van der Waals surface area (Å²) in [6, 6.07) is 7.87. The Hall–Kier alpha value is -1.74. The second-order valence-electron chi connectivity index (χ2n) is 4.03. The fourth-order valence-electron chi connectivity index (χ4n) is 1.56. The molecule has 1 aromatic heterocycles. The molecule has 2 rings (SSSR count). The molecule has 0 aliphatic rings. The highest BCUT2D eigenvalue weighted by Crippen LogP contribution is 2.25. The van der Waals surface area contributed by atoms with Gasteiger partial charge < -0.3 is 11.1 Å². The highest BCUT2D eigenvalue weighted by atomic mass is 35.5. The highest BCUT2D eigenvalue weighted by Gasteiger charge is 2.04. The SMILES string of the molecule is Cc1ccc(C)c(Nc2ncc(Cl)cc2N)c1. The van der Waals surface area contributed by atoms with Gasteiger partial charge in [-0.25, -0.2) is 4.98 Å². The van der Waals surface area contributed by atoms with Crippen LogP contribution in [-0.4, -0.2) is 4.98 Å². The van der Waals surface area contributed by atoms with E-state index in [1.807, 2.05) is 13.8 Å². The summed E-state index contributed by atoms with van der Waals surface area (Å²) in [7, 11) is 0. The average molecular weight is 248 g/mol. The van der Waals surface area contributed by atoms with Gasteiger partial charge in [-0.05, 0) is 37.1 Å². The Morgan fingerprint density at radius 2 is 2.00 bits per heavy atom. The normalized spacial score (nSPS) is 10.3. The summed E-state index contributed by atoms with van der Waals surface area (Å²) in [5, 5.41) is 3.75.